The molecule has 0 spiro atoms. The van der Waals surface area contributed by atoms with Crippen LogP contribution in [0.2, 0.25) is 0 Å². The Morgan fingerprint density at radius 3 is 2.68 bits per heavy atom. The molecule has 1 N–H and O–H groups in total. The number of carbonyl (C=O) groups excluding carboxylic acids is 1. The molecule has 0 bridgehead atoms. The van der Waals surface area contributed by atoms with Crippen molar-refractivity contribution >= 4 is 11.7 Å². The number of hydrogen-bond donors (Lipinski definition) is 1. The van der Waals surface area contributed by atoms with Gasteiger partial charge in [0.25, 0.3) is 0 Å². The summed E-state index contributed by atoms with van der Waals surface area (Å²) in [5.41, 5.74) is 2.22. The molecule has 7 nitrogen and oxygen atoms in total. The van der Waals surface area contributed by atoms with E-state index >= 15 is 0 Å². The minimum absolute atomic E-state index is 0.00596. The zero-order chi connectivity index (χ0) is 18.0. The van der Waals surface area contributed by atoms with Gasteiger partial charge < -0.3 is 9.84 Å². The number of amides is 1. The lowest BCUT2D eigenvalue weighted by molar-refractivity contribution is -0.124. The largest absolute Gasteiger partial charge is 0.360 e. The fraction of sp³-hybridized carbons (Fsp3) is 0.611. The van der Waals surface area contributed by atoms with Gasteiger partial charge in [-0.3, -0.25) is 14.4 Å². The summed E-state index contributed by atoms with van der Waals surface area (Å²) < 4.78 is 7.11. The molecular weight excluding hydrogens is 318 g/mol. The number of carbonyl (C=O) groups is 1. The highest BCUT2D eigenvalue weighted by Gasteiger charge is 2.37. The van der Waals surface area contributed by atoms with Crippen molar-refractivity contribution in [2.24, 2.45) is 0 Å². The van der Waals surface area contributed by atoms with E-state index in [1.807, 2.05) is 13.8 Å². The van der Waals surface area contributed by atoms with E-state index in [0.29, 0.717) is 17.6 Å². The van der Waals surface area contributed by atoms with Gasteiger partial charge >= 0.3 is 0 Å². The zero-order valence-corrected chi connectivity index (χ0v) is 15.5. The average molecular weight is 345 g/mol. The van der Waals surface area contributed by atoms with Gasteiger partial charge in [-0.1, -0.05) is 24.9 Å². The summed E-state index contributed by atoms with van der Waals surface area (Å²) in [6, 6.07) is 4.05. The van der Waals surface area contributed by atoms with Crippen molar-refractivity contribution in [3.8, 4) is 0 Å². The second-order valence-electron chi connectivity index (χ2n) is 6.95. The van der Waals surface area contributed by atoms with Gasteiger partial charge in [0.05, 0.1) is 17.8 Å². The van der Waals surface area contributed by atoms with Crippen molar-refractivity contribution in [3.05, 3.63) is 29.3 Å². The second-order valence-corrected chi connectivity index (χ2v) is 6.95. The number of nitrogens with zero attached hydrogens (tertiary/aromatic N) is 4. The van der Waals surface area contributed by atoms with Crippen molar-refractivity contribution < 1.29 is 9.32 Å². The summed E-state index contributed by atoms with van der Waals surface area (Å²) in [4.78, 5) is 15.0. The van der Waals surface area contributed by atoms with Crippen molar-refractivity contribution in [2.75, 3.05) is 18.4 Å². The first-order valence-corrected chi connectivity index (χ1v) is 8.99. The average Bonchev–Trinajstić information content (AvgIpc) is 3.06. The summed E-state index contributed by atoms with van der Waals surface area (Å²) in [6.45, 7) is 9.74. The Kier molecular flexibility index (Phi) is 5.22. The quantitative estimate of drug-likeness (QED) is 0.835. The van der Waals surface area contributed by atoms with E-state index in [2.05, 4.69) is 45.1 Å². The van der Waals surface area contributed by atoms with E-state index < -0.39 is 0 Å². The Labute approximate surface area is 148 Å². The second kappa shape index (κ2) is 7.39. The van der Waals surface area contributed by atoms with Crippen molar-refractivity contribution in [3.63, 3.8) is 0 Å². The maximum absolute atomic E-state index is 12.7. The van der Waals surface area contributed by atoms with Crippen molar-refractivity contribution in [1.29, 1.82) is 0 Å². The molecule has 0 aromatic carbocycles. The normalized spacial score (nSPS) is 16.6. The lowest BCUT2D eigenvalue weighted by atomic mass is 10.00. The molecule has 0 aliphatic carbocycles. The Hall–Kier alpha value is -2.15. The lowest BCUT2D eigenvalue weighted by Crippen LogP contribution is -2.56. The van der Waals surface area contributed by atoms with Crippen LogP contribution in [0.3, 0.4) is 0 Å². The summed E-state index contributed by atoms with van der Waals surface area (Å²) in [5, 5.41) is 11.3. The zero-order valence-electron chi connectivity index (χ0n) is 15.5. The van der Waals surface area contributed by atoms with Crippen LogP contribution in [-0.4, -0.2) is 44.9 Å². The fourth-order valence-corrected chi connectivity index (χ4v) is 3.42. The Bertz CT molecular complexity index is 730. The molecule has 0 saturated carbocycles. The van der Waals surface area contributed by atoms with Crippen LogP contribution >= 0.6 is 0 Å². The Balaban J connectivity index is 1.63. The van der Waals surface area contributed by atoms with E-state index in [1.54, 1.807) is 6.07 Å². The van der Waals surface area contributed by atoms with Crippen LogP contribution in [0.4, 0.5) is 5.82 Å². The summed E-state index contributed by atoms with van der Waals surface area (Å²) in [5.74, 6) is 1.17. The number of anilines is 1. The van der Waals surface area contributed by atoms with Crippen molar-refractivity contribution in [2.45, 2.75) is 59.0 Å². The molecule has 1 saturated heterocycles. The summed E-state index contributed by atoms with van der Waals surface area (Å²) >= 11 is 0. The molecule has 0 unspecified atom stereocenters. The third-order valence-electron chi connectivity index (χ3n) is 4.73. The number of aryl methyl sites for hydroxylation is 3. The molecular formula is C18H27N5O2. The van der Waals surface area contributed by atoms with Crippen LogP contribution in [0.5, 0.6) is 0 Å². The Morgan fingerprint density at radius 2 is 2.12 bits per heavy atom. The molecule has 136 valence electrons. The maximum Gasteiger partial charge on any atom is 0.242 e. The summed E-state index contributed by atoms with van der Waals surface area (Å²) in [6.07, 6.45) is 2.95. The molecule has 3 heterocycles. The number of unbranched alkanes of at least 4 members (excludes halogenated alkanes) is 1. The molecule has 1 fully saturated rings. The van der Waals surface area contributed by atoms with Crippen LogP contribution in [0, 0.1) is 20.8 Å². The van der Waals surface area contributed by atoms with Gasteiger partial charge in [0.2, 0.25) is 5.91 Å². The van der Waals surface area contributed by atoms with Gasteiger partial charge in [-0.2, -0.15) is 5.10 Å². The standard InChI is InChI=1S/C18H27N5O2/c1-5-6-7-16(18(24)19-17-9-14(4)25-21-17)22-10-15(11-22)23-13(3)8-12(2)20-23/h8-9,15-16H,5-7,10-11H2,1-4H3,(H,19,21,24)/t16-/m0/s1. The highest BCUT2D eigenvalue weighted by molar-refractivity contribution is 5.94. The highest BCUT2D eigenvalue weighted by Crippen LogP contribution is 2.27. The monoisotopic (exact) mass is 345 g/mol. The fourth-order valence-electron chi connectivity index (χ4n) is 3.42. The number of likely N-dealkylation sites (tertiary alicyclic amines) is 1. The molecule has 7 heteroatoms. The molecule has 25 heavy (non-hydrogen) atoms. The molecule has 1 atom stereocenters. The smallest absolute Gasteiger partial charge is 0.242 e. The molecule has 1 amide bonds. The van der Waals surface area contributed by atoms with E-state index in [9.17, 15) is 4.79 Å². The molecule has 2 aromatic rings. The predicted octanol–water partition coefficient (Wildman–Crippen LogP) is 2.85. The topological polar surface area (TPSA) is 76.2 Å². The molecule has 1 aliphatic heterocycles. The van der Waals surface area contributed by atoms with Gasteiger partial charge in [0.1, 0.15) is 5.76 Å². The third-order valence-corrected chi connectivity index (χ3v) is 4.73. The van der Waals surface area contributed by atoms with Gasteiger partial charge in [0, 0.05) is 24.8 Å². The Morgan fingerprint density at radius 1 is 1.36 bits per heavy atom. The number of rotatable bonds is 7. The van der Waals surface area contributed by atoms with Gasteiger partial charge in [0.15, 0.2) is 5.82 Å². The first-order chi connectivity index (χ1) is 12.0. The van der Waals surface area contributed by atoms with E-state index in [4.69, 9.17) is 4.52 Å². The maximum atomic E-state index is 12.7. The van der Waals surface area contributed by atoms with Crippen LogP contribution in [0.15, 0.2) is 16.7 Å². The van der Waals surface area contributed by atoms with Crippen LogP contribution < -0.4 is 5.32 Å². The number of aromatic nitrogens is 3. The molecule has 1 aliphatic rings. The van der Waals surface area contributed by atoms with Gasteiger partial charge in [-0.25, -0.2) is 0 Å². The van der Waals surface area contributed by atoms with Crippen LogP contribution in [0.25, 0.3) is 0 Å². The molecule has 0 radical (unpaired) electrons. The van der Waals surface area contributed by atoms with E-state index in [0.717, 1.165) is 38.0 Å². The van der Waals surface area contributed by atoms with Crippen molar-refractivity contribution in [1.82, 2.24) is 19.8 Å². The van der Waals surface area contributed by atoms with Crippen LogP contribution in [0.1, 0.15) is 49.4 Å². The van der Waals surface area contributed by atoms with Gasteiger partial charge in [-0.05, 0) is 33.3 Å². The van der Waals surface area contributed by atoms with E-state index in [-0.39, 0.29) is 11.9 Å². The number of nitrogens with one attached hydrogen (secondary N) is 1. The molecule has 3 rings (SSSR count). The molecule has 2 aromatic heterocycles. The third kappa shape index (κ3) is 3.92. The van der Waals surface area contributed by atoms with E-state index in [1.165, 1.54) is 5.69 Å². The number of hydrogen-bond acceptors (Lipinski definition) is 5. The first-order valence-electron chi connectivity index (χ1n) is 8.99. The van der Waals surface area contributed by atoms with Crippen LogP contribution in [-0.2, 0) is 4.79 Å². The highest BCUT2D eigenvalue weighted by atomic mass is 16.5. The minimum atomic E-state index is -0.134. The SMILES string of the molecule is CCCC[C@@H](C(=O)Nc1cc(C)on1)N1CC(n2nc(C)cc2C)C1. The first kappa shape index (κ1) is 17.7. The predicted molar refractivity (Wildman–Crippen MR) is 95.5 cm³/mol. The minimum Gasteiger partial charge on any atom is -0.360 e. The lowest BCUT2D eigenvalue weighted by Gasteiger charge is -2.43. The summed E-state index contributed by atoms with van der Waals surface area (Å²) in [7, 11) is 0. The van der Waals surface area contributed by atoms with Gasteiger partial charge in [-0.15, -0.1) is 0 Å².